The van der Waals surface area contributed by atoms with Gasteiger partial charge in [0.1, 0.15) is 6.54 Å². The molecular weight excluding hydrogens is 394 g/mol. The number of carbonyl (C=O) groups excluding carboxylic acids is 2. The summed E-state index contributed by atoms with van der Waals surface area (Å²) in [6, 6.07) is 17.8. The van der Waals surface area contributed by atoms with Gasteiger partial charge in [0, 0.05) is 23.2 Å². The minimum atomic E-state index is -0.204. The molecular formula is C24H25N3O2S. The Kier molecular flexibility index (Phi) is 6.54. The van der Waals surface area contributed by atoms with Crippen LogP contribution in [0.2, 0.25) is 0 Å². The highest BCUT2D eigenvalue weighted by Crippen LogP contribution is 2.25. The van der Waals surface area contributed by atoms with Crippen molar-refractivity contribution in [2.24, 2.45) is 0 Å². The predicted molar refractivity (Wildman–Crippen MR) is 121 cm³/mol. The molecule has 1 aliphatic rings. The molecule has 2 amide bonds. The maximum atomic E-state index is 13.4. The molecule has 0 saturated heterocycles. The van der Waals surface area contributed by atoms with Crippen molar-refractivity contribution in [2.45, 2.75) is 38.1 Å². The first-order valence-electron chi connectivity index (χ1n) is 10.4. The second kappa shape index (κ2) is 9.67. The topological polar surface area (TPSA) is 62.3 Å². The van der Waals surface area contributed by atoms with E-state index >= 15 is 0 Å². The van der Waals surface area contributed by atoms with Crippen LogP contribution in [0.15, 0.2) is 66.2 Å². The van der Waals surface area contributed by atoms with Gasteiger partial charge in [-0.2, -0.15) is 0 Å². The average Bonchev–Trinajstić information content (AvgIpc) is 3.31. The van der Waals surface area contributed by atoms with E-state index in [4.69, 9.17) is 0 Å². The van der Waals surface area contributed by atoms with Crippen molar-refractivity contribution in [3.05, 3.63) is 71.7 Å². The number of hydrogen-bond acceptors (Lipinski definition) is 4. The molecule has 0 unspecified atom stereocenters. The van der Waals surface area contributed by atoms with Gasteiger partial charge < -0.3 is 10.2 Å². The number of thiazole rings is 1. The first kappa shape index (κ1) is 20.3. The van der Waals surface area contributed by atoms with Crippen LogP contribution in [-0.2, 0) is 4.79 Å². The fourth-order valence-electron chi connectivity index (χ4n) is 3.96. The van der Waals surface area contributed by atoms with Crippen molar-refractivity contribution in [1.29, 1.82) is 0 Å². The van der Waals surface area contributed by atoms with Gasteiger partial charge in [0.2, 0.25) is 5.91 Å². The second-order valence-corrected chi connectivity index (χ2v) is 8.45. The van der Waals surface area contributed by atoms with E-state index in [-0.39, 0.29) is 24.4 Å². The highest BCUT2D eigenvalue weighted by molar-refractivity contribution is 7.13. The van der Waals surface area contributed by atoms with E-state index in [0.717, 1.165) is 36.8 Å². The van der Waals surface area contributed by atoms with Crippen molar-refractivity contribution in [3.8, 4) is 11.1 Å². The number of benzene rings is 2. The van der Waals surface area contributed by atoms with Crippen LogP contribution >= 0.6 is 11.3 Å². The van der Waals surface area contributed by atoms with Gasteiger partial charge in [-0.05, 0) is 36.1 Å². The Morgan fingerprint density at radius 2 is 1.67 bits per heavy atom. The lowest BCUT2D eigenvalue weighted by atomic mass is 9.93. The zero-order chi connectivity index (χ0) is 20.8. The van der Waals surface area contributed by atoms with E-state index in [1.54, 1.807) is 11.1 Å². The van der Waals surface area contributed by atoms with Crippen LogP contribution in [0.1, 0.15) is 42.5 Å². The third-order valence-corrected chi connectivity index (χ3v) is 6.20. The Morgan fingerprint density at radius 3 is 2.33 bits per heavy atom. The van der Waals surface area contributed by atoms with Crippen molar-refractivity contribution in [1.82, 2.24) is 9.88 Å². The van der Waals surface area contributed by atoms with Gasteiger partial charge in [-0.1, -0.05) is 61.7 Å². The first-order chi connectivity index (χ1) is 14.7. The molecule has 6 heteroatoms. The fourth-order valence-corrected chi connectivity index (χ4v) is 4.50. The van der Waals surface area contributed by atoms with Crippen LogP contribution in [-0.4, -0.2) is 34.3 Å². The van der Waals surface area contributed by atoms with E-state index in [9.17, 15) is 9.59 Å². The lowest BCUT2D eigenvalue weighted by molar-refractivity contribution is -0.117. The largest absolute Gasteiger partial charge is 0.326 e. The molecule has 1 heterocycles. The lowest BCUT2D eigenvalue weighted by Crippen LogP contribution is -2.45. The van der Waals surface area contributed by atoms with Gasteiger partial charge >= 0.3 is 0 Å². The van der Waals surface area contributed by atoms with E-state index in [1.165, 1.54) is 17.8 Å². The summed E-state index contributed by atoms with van der Waals surface area (Å²) in [5.41, 5.74) is 2.80. The maximum absolute atomic E-state index is 13.4. The van der Waals surface area contributed by atoms with E-state index in [0.29, 0.717) is 10.7 Å². The number of anilines is 1. The van der Waals surface area contributed by atoms with Crippen LogP contribution in [0.3, 0.4) is 0 Å². The molecule has 2 aromatic carbocycles. The quantitative estimate of drug-likeness (QED) is 0.595. The Labute approximate surface area is 180 Å². The van der Waals surface area contributed by atoms with E-state index < -0.39 is 0 Å². The number of hydrogen-bond donors (Lipinski definition) is 1. The number of amides is 2. The van der Waals surface area contributed by atoms with Gasteiger partial charge in [0.25, 0.3) is 5.91 Å². The van der Waals surface area contributed by atoms with Crippen LogP contribution in [0.4, 0.5) is 5.13 Å². The Bertz CT molecular complexity index is 965. The summed E-state index contributed by atoms with van der Waals surface area (Å²) in [6.07, 6.45) is 6.91. The number of carbonyl (C=O) groups is 2. The molecule has 1 saturated carbocycles. The molecule has 30 heavy (non-hydrogen) atoms. The summed E-state index contributed by atoms with van der Waals surface area (Å²) >= 11 is 1.37. The van der Waals surface area contributed by atoms with Gasteiger partial charge in [-0.25, -0.2) is 4.98 Å². The molecule has 3 aromatic rings. The van der Waals surface area contributed by atoms with Gasteiger partial charge in [0.05, 0.1) is 0 Å². The molecule has 4 rings (SSSR count). The number of rotatable bonds is 6. The van der Waals surface area contributed by atoms with E-state index in [1.807, 2.05) is 60.0 Å². The van der Waals surface area contributed by atoms with Crippen LogP contribution in [0, 0.1) is 0 Å². The molecule has 1 aliphatic carbocycles. The number of nitrogens with zero attached hydrogens (tertiary/aromatic N) is 2. The monoisotopic (exact) mass is 419 g/mol. The molecule has 1 fully saturated rings. The lowest BCUT2D eigenvalue weighted by Gasteiger charge is -2.34. The Morgan fingerprint density at radius 1 is 0.967 bits per heavy atom. The SMILES string of the molecule is O=C(CN(C(=O)c1ccc(-c2ccccc2)cc1)C1CCCCC1)Nc1nccs1. The molecule has 0 aliphatic heterocycles. The molecule has 0 atom stereocenters. The Balaban J connectivity index is 1.51. The number of aromatic nitrogens is 1. The summed E-state index contributed by atoms with van der Waals surface area (Å²) < 4.78 is 0. The molecule has 154 valence electrons. The van der Waals surface area contributed by atoms with Crippen molar-refractivity contribution in [3.63, 3.8) is 0 Å². The summed E-state index contributed by atoms with van der Waals surface area (Å²) in [6.45, 7) is 0.0452. The van der Waals surface area contributed by atoms with Crippen molar-refractivity contribution < 1.29 is 9.59 Å². The van der Waals surface area contributed by atoms with Crippen LogP contribution < -0.4 is 5.32 Å². The normalized spacial score (nSPS) is 14.3. The second-order valence-electron chi connectivity index (χ2n) is 7.55. The highest BCUT2D eigenvalue weighted by atomic mass is 32.1. The Hall–Kier alpha value is -2.99. The van der Waals surface area contributed by atoms with E-state index in [2.05, 4.69) is 10.3 Å². The standard InChI is InChI=1S/C24H25N3O2S/c28-22(26-24-25-15-16-30-24)17-27(21-9-5-2-6-10-21)23(29)20-13-11-19(12-14-20)18-7-3-1-4-8-18/h1,3-4,7-8,11-16,21H,2,5-6,9-10,17H2,(H,25,26,28). The summed E-state index contributed by atoms with van der Waals surface area (Å²) in [7, 11) is 0. The van der Waals surface area contributed by atoms with Gasteiger partial charge in [0.15, 0.2) is 5.13 Å². The molecule has 0 bridgehead atoms. The fraction of sp³-hybridized carbons (Fsp3) is 0.292. The van der Waals surface area contributed by atoms with Crippen LogP contribution in [0.25, 0.3) is 11.1 Å². The van der Waals surface area contributed by atoms with Gasteiger partial charge in [-0.15, -0.1) is 11.3 Å². The maximum Gasteiger partial charge on any atom is 0.254 e. The third-order valence-electron chi connectivity index (χ3n) is 5.51. The minimum Gasteiger partial charge on any atom is -0.326 e. The summed E-state index contributed by atoms with van der Waals surface area (Å²) in [5, 5.41) is 5.18. The predicted octanol–water partition coefficient (Wildman–Crippen LogP) is 5.22. The molecule has 1 aromatic heterocycles. The highest BCUT2D eigenvalue weighted by Gasteiger charge is 2.28. The molecule has 0 spiro atoms. The third kappa shape index (κ3) is 4.94. The smallest absolute Gasteiger partial charge is 0.254 e. The average molecular weight is 420 g/mol. The molecule has 0 radical (unpaired) electrons. The molecule has 5 nitrogen and oxygen atoms in total. The molecule has 1 N–H and O–H groups in total. The summed E-state index contributed by atoms with van der Waals surface area (Å²) in [5.74, 6) is -0.291. The summed E-state index contributed by atoms with van der Waals surface area (Å²) in [4.78, 5) is 31.8. The van der Waals surface area contributed by atoms with Crippen molar-refractivity contribution in [2.75, 3.05) is 11.9 Å². The van der Waals surface area contributed by atoms with Crippen molar-refractivity contribution >= 4 is 28.3 Å². The number of nitrogens with one attached hydrogen (secondary N) is 1. The zero-order valence-corrected chi connectivity index (χ0v) is 17.6. The van der Waals surface area contributed by atoms with Gasteiger partial charge in [-0.3, -0.25) is 9.59 Å². The zero-order valence-electron chi connectivity index (χ0n) is 16.8. The van der Waals surface area contributed by atoms with Crippen LogP contribution in [0.5, 0.6) is 0 Å². The first-order valence-corrected chi connectivity index (χ1v) is 11.2. The minimum absolute atomic E-state index is 0.0452.